The van der Waals surface area contributed by atoms with Gasteiger partial charge in [-0.3, -0.25) is 19.5 Å². The molecular weight excluding hydrogens is 428 g/mol. The molecule has 0 radical (unpaired) electrons. The Kier molecular flexibility index (Phi) is 6.24. The molecule has 1 saturated heterocycles. The number of aliphatic hydroxyl groups excluding tert-OH is 1. The molecule has 1 aromatic heterocycles. The molecule has 2 heterocycles. The van der Waals surface area contributed by atoms with Gasteiger partial charge < -0.3 is 9.84 Å². The van der Waals surface area contributed by atoms with E-state index in [1.165, 1.54) is 4.90 Å². The van der Waals surface area contributed by atoms with Crippen molar-refractivity contribution < 1.29 is 19.4 Å². The van der Waals surface area contributed by atoms with Crippen LogP contribution in [0.5, 0.6) is 5.75 Å². The van der Waals surface area contributed by atoms with Gasteiger partial charge in [-0.2, -0.15) is 0 Å². The molecular formula is C28H28N2O4. The fraction of sp³-hybridized carbons (Fsp3) is 0.250. The van der Waals surface area contributed by atoms with Crippen LogP contribution in [-0.4, -0.2) is 27.9 Å². The lowest BCUT2D eigenvalue weighted by Gasteiger charge is -2.26. The number of carbonyl (C=O) groups is 2. The number of anilines is 1. The second kappa shape index (κ2) is 9.14. The molecule has 2 aromatic carbocycles. The van der Waals surface area contributed by atoms with Gasteiger partial charge in [-0.25, -0.2) is 0 Å². The maximum Gasteiger partial charge on any atom is 0.300 e. The Balaban J connectivity index is 1.91. The number of Topliss-reactive ketones (excluding diaryl/α,β-unsaturated/α-hetero) is 1. The van der Waals surface area contributed by atoms with Crippen LogP contribution in [0.1, 0.15) is 47.8 Å². The van der Waals surface area contributed by atoms with Crippen LogP contribution in [0.2, 0.25) is 0 Å². The average Bonchev–Trinajstić information content (AvgIpc) is 3.07. The summed E-state index contributed by atoms with van der Waals surface area (Å²) in [5.41, 5.74) is 4.27. The van der Waals surface area contributed by atoms with Gasteiger partial charge in [-0.05, 0) is 87.7 Å². The van der Waals surface area contributed by atoms with Gasteiger partial charge in [0.25, 0.3) is 11.7 Å². The van der Waals surface area contributed by atoms with E-state index in [-0.39, 0.29) is 17.4 Å². The van der Waals surface area contributed by atoms with Crippen LogP contribution >= 0.6 is 0 Å². The Bertz CT molecular complexity index is 1300. The van der Waals surface area contributed by atoms with Crippen LogP contribution in [0.25, 0.3) is 5.76 Å². The first-order chi connectivity index (χ1) is 16.2. The minimum atomic E-state index is -0.853. The number of ether oxygens (including phenoxy) is 1. The molecule has 1 N–H and O–H groups in total. The SMILES string of the molecule is Cc1cc(/C(O)=C2\C(=O)C(=O)N(c3cccc(C)c3C)C2c2ccccn2)ccc1OC(C)C. The molecule has 1 amide bonds. The zero-order valence-electron chi connectivity index (χ0n) is 20.0. The highest BCUT2D eigenvalue weighted by molar-refractivity contribution is 6.51. The van der Waals surface area contributed by atoms with Crippen LogP contribution in [0.15, 0.2) is 66.4 Å². The van der Waals surface area contributed by atoms with Gasteiger partial charge in [0, 0.05) is 17.4 Å². The standard InChI is InChI=1S/C28H28N2O4/c1-16(2)34-23-13-12-20(15-18(23)4)26(31)24-25(21-10-6-7-14-29-21)30(28(33)27(24)32)22-11-8-9-17(3)19(22)5/h6-16,25,31H,1-5H3/b26-24+. The molecule has 0 aliphatic carbocycles. The predicted molar refractivity (Wildman–Crippen MR) is 132 cm³/mol. The van der Waals surface area contributed by atoms with Crippen molar-refractivity contribution in [2.75, 3.05) is 4.90 Å². The third-order valence-electron chi connectivity index (χ3n) is 6.06. The molecule has 0 spiro atoms. The van der Waals surface area contributed by atoms with E-state index in [1.54, 1.807) is 42.6 Å². The summed E-state index contributed by atoms with van der Waals surface area (Å²) in [5, 5.41) is 11.3. The van der Waals surface area contributed by atoms with Crippen molar-refractivity contribution in [1.29, 1.82) is 0 Å². The van der Waals surface area contributed by atoms with Gasteiger partial charge in [-0.1, -0.05) is 18.2 Å². The molecule has 1 fully saturated rings. The largest absolute Gasteiger partial charge is 0.507 e. The number of nitrogens with zero attached hydrogens (tertiary/aromatic N) is 2. The van der Waals surface area contributed by atoms with Crippen LogP contribution in [0.3, 0.4) is 0 Å². The Labute approximate surface area is 199 Å². The maximum atomic E-state index is 13.3. The van der Waals surface area contributed by atoms with Crippen LogP contribution in [0, 0.1) is 20.8 Å². The summed E-state index contributed by atoms with van der Waals surface area (Å²) >= 11 is 0. The summed E-state index contributed by atoms with van der Waals surface area (Å²) < 4.78 is 5.80. The quantitative estimate of drug-likeness (QED) is 0.315. The summed E-state index contributed by atoms with van der Waals surface area (Å²) in [5.74, 6) is -0.971. The normalized spacial score (nSPS) is 17.5. The number of pyridine rings is 1. The predicted octanol–water partition coefficient (Wildman–Crippen LogP) is 5.42. The number of aliphatic hydroxyl groups is 1. The van der Waals surface area contributed by atoms with E-state index < -0.39 is 17.7 Å². The van der Waals surface area contributed by atoms with E-state index in [0.29, 0.717) is 22.7 Å². The number of amides is 1. The summed E-state index contributed by atoms with van der Waals surface area (Å²) in [6.45, 7) is 9.62. The molecule has 6 nitrogen and oxygen atoms in total. The minimum absolute atomic E-state index is 0.00481. The summed E-state index contributed by atoms with van der Waals surface area (Å²) in [4.78, 5) is 32.5. The van der Waals surface area contributed by atoms with Gasteiger partial charge in [0.05, 0.1) is 17.4 Å². The number of ketones is 1. The van der Waals surface area contributed by atoms with E-state index >= 15 is 0 Å². The molecule has 1 unspecified atom stereocenters. The first kappa shape index (κ1) is 23.2. The van der Waals surface area contributed by atoms with Crippen molar-refractivity contribution in [3.8, 4) is 5.75 Å². The van der Waals surface area contributed by atoms with E-state index in [9.17, 15) is 14.7 Å². The van der Waals surface area contributed by atoms with E-state index in [1.807, 2.05) is 52.8 Å². The van der Waals surface area contributed by atoms with Crippen molar-refractivity contribution in [2.45, 2.75) is 46.8 Å². The van der Waals surface area contributed by atoms with Gasteiger partial charge in [-0.15, -0.1) is 0 Å². The Morgan fingerprint density at radius 1 is 1.00 bits per heavy atom. The zero-order valence-corrected chi connectivity index (χ0v) is 20.0. The molecule has 6 heteroatoms. The number of benzene rings is 2. The van der Waals surface area contributed by atoms with Gasteiger partial charge >= 0.3 is 0 Å². The lowest BCUT2D eigenvalue weighted by atomic mass is 9.97. The molecule has 1 aliphatic rings. The van der Waals surface area contributed by atoms with Crippen molar-refractivity contribution >= 4 is 23.1 Å². The fourth-order valence-corrected chi connectivity index (χ4v) is 4.23. The molecule has 4 rings (SSSR count). The Morgan fingerprint density at radius 3 is 2.41 bits per heavy atom. The van der Waals surface area contributed by atoms with Crippen molar-refractivity contribution in [2.24, 2.45) is 0 Å². The number of carbonyl (C=O) groups excluding carboxylic acids is 2. The number of hydrogen-bond acceptors (Lipinski definition) is 5. The molecule has 0 bridgehead atoms. The number of aryl methyl sites for hydroxylation is 2. The number of aromatic nitrogens is 1. The minimum Gasteiger partial charge on any atom is -0.507 e. The summed E-state index contributed by atoms with van der Waals surface area (Å²) in [7, 11) is 0. The van der Waals surface area contributed by atoms with Gasteiger partial charge in [0.2, 0.25) is 0 Å². The van der Waals surface area contributed by atoms with Crippen molar-refractivity contribution in [3.63, 3.8) is 0 Å². The first-order valence-corrected chi connectivity index (χ1v) is 11.3. The van der Waals surface area contributed by atoms with Crippen molar-refractivity contribution in [3.05, 3.63) is 94.3 Å². The third-order valence-corrected chi connectivity index (χ3v) is 6.06. The highest BCUT2D eigenvalue weighted by Crippen LogP contribution is 2.43. The van der Waals surface area contributed by atoms with E-state index in [4.69, 9.17) is 4.74 Å². The molecule has 34 heavy (non-hydrogen) atoms. The highest BCUT2D eigenvalue weighted by atomic mass is 16.5. The maximum absolute atomic E-state index is 13.3. The second-order valence-electron chi connectivity index (χ2n) is 8.79. The Morgan fingerprint density at radius 2 is 1.76 bits per heavy atom. The molecule has 0 saturated carbocycles. The third kappa shape index (κ3) is 4.07. The topological polar surface area (TPSA) is 79.7 Å². The zero-order chi connectivity index (χ0) is 24.6. The van der Waals surface area contributed by atoms with Crippen LogP contribution in [-0.2, 0) is 9.59 Å². The van der Waals surface area contributed by atoms with E-state index in [2.05, 4.69) is 4.98 Å². The summed E-state index contributed by atoms with van der Waals surface area (Å²) in [6, 6.07) is 15.3. The lowest BCUT2D eigenvalue weighted by Crippen LogP contribution is -2.30. The monoisotopic (exact) mass is 456 g/mol. The highest BCUT2D eigenvalue weighted by Gasteiger charge is 2.48. The number of rotatable bonds is 5. The average molecular weight is 457 g/mol. The second-order valence-corrected chi connectivity index (χ2v) is 8.79. The van der Waals surface area contributed by atoms with E-state index in [0.717, 1.165) is 16.7 Å². The van der Waals surface area contributed by atoms with Crippen LogP contribution < -0.4 is 9.64 Å². The van der Waals surface area contributed by atoms with Crippen LogP contribution in [0.4, 0.5) is 5.69 Å². The molecule has 1 aliphatic heterocycles. The van der Waals surface area contributed by atoms with Gasteiger partial charge in [0.15, 0.2) is 0 Å². The fourth-order valence-electron chi connectivity index (χ4n) is 4.23. The van der Waals surface area contributed by atoms with Crippen molar-refractivity contribution in [1.82, 2.24) is 4.98 Å². The summed E-state index contributed by atoms with van der Waals surface area (Å²) in [6.07, 6.45) is 1.62. The molecule has 174 valence electrons. The Hall–Kier alpha value is -3.93. The number of hydrogen-bond donors (Lipinski definition) is 1. The van der Waals surface area contributed by atoms with Gasteiger partial charge in [0.1, 0.15) is 17.6 Å². The lowest BCUT2D eigenvalue weighted by molar-refractivity contribution is -0.132. The smallest absolute Gasteiger partial charge is 0.300 e. The molecule has 1 atom stereocenters. The molecule has 3 aromatic rings. The first-order valence-electron chi connectivity index (χ1n) is 11.3.